The van der Waals surface area contributed by atoms with Gasteiger partial charge in [-0.25, -0.2) is 0 Å². The van der Waals surface area contributed by atoms with Gasteiger partial charge in [-0.15, -0.1) is 0 Å². The lowest BCUT2D eigenvalue weighted by atomic mass is 10.0. The molecule has 1 aliphatic heterocycles. The van der Waals surface area contributed by atoms with Crippen molar-refractivity contribution in [2.24, 2.45) is 5.73 Å². The number of halogens is 3. The van der Waals surface area contributed by atoms with Crippen LogP contribution in [0.15, 0.2) is 47.5 Å². The second-order valence-electron chi connectivity index (χ2n) is 7.61. The molecule has 0 saturated heterocycles. The molecule has 0 unspecified atom stereocenters. The number of fused-ring (bicyclic) bond motifs is 3. The molecule has 0 radical (unpaired) electrons. The molecule has 1 aliphatic rings. The molecule has 2 aromatic carbocycles. The summed E-state index contributed by atoms with van der Waals surface area (Å²) in [7, 11) is 0. The van der Waals surface area contributed by atoms with Gasteiger partial charge in [-0.05, 0) is 62.2 Å². The summed E-state index contributed by atoms with van der Waals surface area (Å²) < 4.78 is 0. The summed E-state index contributed by atoms with van der Waals surface area (Å²) in [6.45, 7) is 4.67. The Kier molecular flexibility index (Phi) is 8.43. The average molecular weight is 508 g/mol. The van der Waals surface area contributed by atoms with Crippen molar-refractivity contribution >= 4 is 63.2 Å². The summed E-state index contributed by atoms with van der Waals surface area (Å²) in [5.74, 6) is -0.492. The van der Waals surface area contributed by atoms with Gasteiger partial charge >= 0.3 is 0 Å². The van der Waals surface area contributed by atoms with Gasteiger partial charge in [0, 0.05) is 49.5 Å². The molecule has 0 bridgehead atoms. The van der Waals surface area contributed by atoms with Crippen LogP contribution in [0.4, 0.5) is 5.69 Å². The van der Waals surface area contributed by atoms with Crippen molar-refractivity contribution in [2.45, 2.75) is 26.8 Å². The van der Waals surface area contributed by atoms with Crippen molar-refractivity contribution in [3.8, 4) is 0 Å². The zero-order chi connectivity index (χ0) is 24.1. The Labute approximate surface area is 207 Å². The minimum absolute atomic E-state index is 0.144. The molecular formula is C24H25Cl3N4O2. The molecule has 1 aromatic heterocycles. The van der Waals surface area contributed by atoms with Crippen LogP contribution in [0.3, 0.4) is 0 Å². The first-order valence-corrected chi connectivity index (χ1v) is 11.5. The molecule has 0 spiro atoms. The third kappa shape index (κ3) is 6.30. The van der Waals surface area contributed by atoms with Crippen molar-refractivity contribution in [1.29, 1.82) is 0 Å². The maximum Gasteiger partial charge on any atom is 0.254 e. The number of nitrogens with one attached hydrogen (secondary N) is 2. The van der Waals surface area contributed by atoms with Crippen LogP contribution in [-0.2, 0) is 17.8 Å². The van der Waals surface area contributed by atoms with E-state index in [0.717, 1.165) is 28.0 Å². The second kappa shape index (κ2) is 11.1. The molecule has 2 amide bonds. The third-order valence-corrected chi connectivity index (χ3v) is 5.91. The highest BCUT2D eigenvalue weighted by Crippen LogP contribution is 2.30. The highest BCUT2D eigenvalue weighted by atomic mass is 35.5. The highest BCUT2D eigenvalue weighted by Gasteiger charge is 2.25. The summed E-state index contributed by atoms with van der Waals surface area (Å²) in [6.07, 6.45) is 2.58. The second-order valence-corrected chi connectivity index (χ2v) is 9.07. The maximum atomic E-state index is 13.0. The van der Waals surface area contributed by atoms with Gasteiger partial charge < -0.3 is 20.9 Å². The molecule has 4 rings (SSSR count). The summed E-state index contributed by atoms with van der Waals surface area (Å²) in [5.41, 5.74) is 9.41. The van der Waals surface area contributed by atoms with Crippen molar-refractivity contribution in [3.63, 3.8) is 0 Å². The van der Waals surface area contributed by atoms with Crippen molar-refractivity contribution < 1.29 is 9.59 Å². The van der Waals surface area contributed by atoms with E-state index in [1.165, 1.54) is 5.56 Å². The van der Waals surface area contributed by atoms with E-state index >= 15 is 0 Å². The Morgan fingerprint density at radius 2 is 1.91 bits per heavy atom. The molecule has 3 aromatic rings. The van der Waals surface area contributed by atoms with E-state index in [1.54, 1.807) is 23.1 Å². The Bertz CT molecular complexity index is 1220. The van der Waals surface area contributed by atoms with Crippen molar-refractivity contribution in [2.75, 3.05) is 18.4 Å². The molecule has 0 aliphatic carbocycles. The number of H-pyrrole nitrogens is 1. The number of hydrogen-bond acceptors (Lipinski definition) is 3. The third-order valence-electron chi connectivity index (χ3n) is 5.24. The molecule has 6 nitrogen and oxygen atoms in total. The van der Waals surface area contributed by atoms with E-state index in [2.05, 4.69) is 10.3 Å². The fraction of sp³-hybridized carbons (Fsp3) is 0.250. The normalized spacial score (nSPS) is 13.3. The number of rotatable bonds is 3. The quantitative estimate of drug-likeness (QED) is 0.423. The first-order valence-electron chi connectivity index (χ1n) is 10.4. The Balaban J connectivity index is 0.000000555. The molecule has 0 atom stereocenters. The van der Waals surface area contributed by atoms with Crippen LogP contribution in [0.5, 0.6) is 0 Å². The van der Waals surface area contributed by atoms with E-state index in [-0.39, 0.29) is 18.4 Å². The largest absolute Gasteiger partial charge is 0.357 e. The van der Waals surface area contributed by atoms with E-state index in [0.29, 0.717) is 34.4 Å². The number of benzene rings is 2. The Morgan fingerprint density at radius 3 is 2.58 bits per heavy atom. The van der Waals surface area contributed by atoms with Gasteiger partial charge in [0.1, 0.15) is 0 Å². The van der Waals surface area contributed by atoms with Crippen molar-refractivity contribution in [1.82, 2.24) is 9.88 Å². The highest BCUT2D eigenvalue weighted by molar-refractivity contribution is 6.31. The van der Waals surface area contributed by atoms with Crippen LogP contribution in [0, 0.1) is 0 Å². The molecule has 2 heterocycles. The van der Waals surface area contributed by atoms with Gasteiger partial charge in [0.2, 0.25) is 5.91 Å². The number of hydrogen-bond donors (Lipinski definition) is 3. The first kappa shape index (κ1) is 25.1. The van der Waals surface area contributed by atoms with Crippen LogP contribution in [0.1, 0.15) is 35.5 Å². The Hall–Kier alpha value is -2.51. The number of carbonyl (C=O) groups is 2. The summed E-state index contributed by atoms with van der Waals surface area (Å²) >= 11 is 17.6. The zero-order valence-electron chi connectivity index (χ0n) is 18.3. The number of anilines is 1. The number of carbonyl (C=O) groups excluding carboxylic acids is 2. The lowest BCUT2D eigenvalue weighted by molar-refractivity contribution is -0.114. The van der Waals surface area contributed by atoms with E-state index < -0.39 is 0 Å². The van der Waals surface area contributed by atoms with E-state index in [9.17, 15) is 9.59 Å². The van der Waals surface area contributed by atoms with Gasteiger partial charge in [-0.2, -0.15) is 0 Å². The van der Waals surface area contributed by atoms with Crippen LogP contribution >= 0.6 is 34.8 Å². The zero-order valence-corrected chi connectivity index (χ0v) is 20.6. The first-order chi connectivity index (χ1) is 15.7. The minimum Gasteiger partial charge on any atom is -0.357 e. The summed E-state index contributed by atoms with van der Waals surface area (Å²) in [4.78, 5) is 29.7. The predicted octanol–water partition coefficient (Wildman–Crippen LogP) is 5.72. The lowest BCUT2D eigenvalue weighted by Gasteiger charge is -2.27. The van der Waals surface area contributed by atoms with Crippen molar-refractivity contribution in [3.05, 3.63) is 74.4 Å². The predicted molar refractivity (Wildman–Crippen MR) is 136 cm³/mol. The number of nitrogens with zero attached hydrogens (tertiary/aromatic N) is 1. The molecule has 33 heavy (non-hydrogen) atoms. The van der Waals surface area contributed by atoms with Gasteiger partial charge in [-0.3, -0.25) is 9.59 Å². The number of allylic oxidation sites excluding steroid dienone is 2. The molecule has 174 valence electrons. The summed E-state index contributed by atoms with van der Waals surface area (Å²) in [6, 6.07) is 10.5. The number of nitrogens with two attached hydrogens (primary N) is 1. The molecule has 0 fully saturated rings. The number of aromatic amines is 1. The fourth-order valence-corrected chi connectivity index (χ4v) is 3.97. The molecular weight excluding hydrogens is 483 g/mol. The molecule has 0 saturated carbocycles. The Morgan fingerprint density at radius 1 is 1.18 bits per heavy atom. The smallest absolute Gasteiger partial charge is 0.254 e. The molecule has 9 heteroatoms. The van der Waals surface area contributed by atoms with Crippen LogP contribution in [0.25, 0.3) is 10.9 Å². The summed E-state index contributed by atoms with van der Waals surface area (Å²) in [5, 5.41) is 5.65. The monoisotopic (exact) mass is 506 g/mol. The van der Waals surface area contributed by atoms with E-state index in [1.807, 2.05) is 38.1 Å². The number of amides is 2. The topological polar surface area (TPSA) is 91.2 Å². The standard InChI is InChI=1S/C20H18Cl2N4O2.C4H7Cl/c21-12-1-2-17-16(8-12)15-3-4-26(10-18(15)25-17)20(28)11-5-13(22)7-14(6-11)24-19(27)9-23;1-3-4(2)5/h1-2,5-8,25H,3-4,9-10,23H2,(H,24,27);3H,1-2H3/b;4-3+. The SMILES string of the molecule is C/C=C(\C)Cl.NCC(=O)Nc1cc(Cl)cc(C(=O)N2CCc3c([nH]c4ccc(Cl)cc34)C2)c1. The van der Waals surface area contributed by atoms with Gasteiger partial charge in [0.05, 0.1) is 13.1 Å². The minimum atomic E-state index is -0.347. The maximum absolute atomic E-state index is 13.0. The van der Waals surface area contributed by atoms with Gasteiger partial charge in [-0.1, -0.05) is 40.9 Å². The van der Waals surface area contributed by atoms with Crippen LogP contribution < -0.4 is 11.1 Å². The van der Waals surface area contributed by atoms with Crippen LogP contribution in [-0.4, -0.2) is 34.8 Å². The average Bonchev–Trinajstić information content (AvgIpc) is 3.15. The fourth-order valence-electron chi connectivity index (χ4n) is 3.57. The molecule has 4 N–H and O–H groups in total. The van der Waals surface area contributed by atoms with Gasteiger partial charge in [0.25, 0.3) is 5.91 Å². The lowest BCUT2D eigenvalue weighted by Crippen LogP contribution is -2.36. The van der Waals surface area contributed by atoms with Gasteiger partial charge in [0.15, 0.2) is 0 Å². The van der Waals surface area contributed by atoms with E-state index in [4.69, 9.17) is 40.5 Å². The number of aromatic nitrogens is 1. The van der Waals surface area contributed by atoms with Crippen LogP contribution in [0.2, 0.25) is 10.0 Å².